The maximum absolute atomic E-state index is 13.1. The van der Waals surface area contributed by atoms with Crippen LogP contribution in [0.3, 0.4) is 0 Å². The number of carbonyl (C=O) groups is 2. The molecule has 0 saturated heterocycles. The van der Waals surface area contributed by atoms with Gasteiger partial charge in [-0.1, -0.05) is 48.5 Å². The predicted molar refractivity (Wildman–Crippen MR) is 130 cm³/mol. The van der Waals surface area contributed by atoms with Gasteiger partial charge >= 0.3 is 0 Å². The minimum absolute atomic E-state index is 0.0849. The van der Waals surface area contributed by atoms with Crippen molar-refractivity contribution in [2.24, 2.45) is 0 Å². The van der Waals surface area contributed by atoms with Gasteiger partial charge in [-0.15, -0.1) is 0 Å². The van der Waals surface area contributed by atoms with Gasteiger partial charge in [-0.25, -0.2) is 4.68 Å². The lowest BCUT2D eigenvalue weighted by molar-refractivity contribution is -0.122. The van der Waals surface area contributed by atoms with E-state index in [1.165, 1.54) is 4.68 Å². The van der Waals surface area contributed by atoms with E-state index in [0.29, 0.717) is 28.8 Å². The Morgan fingerprint density at radius 1 is 0.912 bits per heavy atom. The smallest absolute Gasteiger partial charge is 0.276 e. The third-order valence-corrected chi connectivity index (χ3v) is 5.11. The fourth-order valence-electron chi connectivity index (χ4n) is 3.49. The summed E-state index contributed by atoms with van der Waals surface area (Å²) >= 11 is 0. The molecule has 0 atom stereocenters. The average molecular weight is 457 g/mol. The van der Waals surface area contributed by atoms with Gasteiger partial charge in [-0.2, -0.15) is 5.10 Å². The van der Waals surface area contributed by atoms with Crippen LogP contribution in [0.25, 0.3) is 10.8 Å². The number of fused-ring (bicyclic) bond motifs is 1. The van der Waals surface area contributed by atoms with Crippen LogP contribution in [0.4, 0.5) is 5.69 Å². The van der Waals surface area contributed by atoms with Gasteiger partial charge in [0.15, 0.2) is 12.3 Å². The molecule has 8 nitrogen and oxygen atoms in total. The van der Waals surface area contributed by atoms with Crippen LogP contribution in [0.1, 0.15) is 23.0 Å². The molecular weight excluding hydrogens is 432 g/mol. The second-order valence-electron chi connectivity index (χ2n) is 7.56. The molecule has 3 aromatic carbocycles. The summed E-state index contributed by atoms with van der Waals surface area (Å²) in [6, 6.07) is 23.1. The molecule has 0 aliphatic heterocycles. The number of rotatable bonds is 8. The van der Waals surface area contributed by atoms with Gasteiger partial charge in [0.2, 0.25) is 0 Å². The standard InChI is InChI=1S/C26H24N4O4/c1-2-27-23(31)17-34-20-14-12-19(13-15-20)28-25(32)24-21-10-6-7-11-22(21)26(33)30(29-24)16-18-8-4-3-5-9-18/h3-15H,2,16-17H2,1H3,(H,27,31)(H,28,32). The Balaban J connectivity index is 1.57. The van der Waals surface area contributed by atoms with Gasteiger partial charge in [-0.3, -0.25) is 14.4 Å². The first kappa shape index (κ1) is 22.7. The molecule has 0 bridgehead atoms. The zero-order valence-electron chi connectivity index (χ0n) is 18.7. The molecule has 2 N–H and O–H groups in total. The molecule has 0 aliphatic rings. The van der Waals surface area contributed by atoms with E-state index >= 15 is 0 Å². The number of nitrogens with one attached hydrogen (secondary N) is 2. The number of ether oxygens (including phenoxy) is 1. The second kappa shape index (κ2) is 10.4. The van der Waals surface area contributed by atoms with Gasteiger partial charge in [0.05, 0.1) is 11.9 Å². The highest BCUT2D eigenvalue weighted by Crippen LogP contribution is 2.19. The summed E-state index contributed by atoms with van der Waals surface area (Å²) in [6.07, 6.45) is 0. The minimum Gasteiger partial charge on any atom is -0.484 e. The van der Waals surface area contributed by atoms with Gasteiger partial charge < -0.3 is 15.4 Å². The number of likely N-dealkylation sites (N-methyl/N-ethyl adjacent to an activating group) is 1. The van der Waals surface area contributed by atoms with Crippen LogP contribution < -0.4 is 20.9 Å². The highest BCUT2D eigenvalue weighted by Gasteiger charge is 2.17. The summed E-state index contributed by atoms with van der Waals surface area (Å²) in [4.78, 5) is 37.7. The van der Waals surface area contributed by atoms with E-state index in [0.717, 1.165) is 5.56 Å². The summed E-state index contributed by atoms with van der Waals surface area (Å²) in [5.41, 5.74) is 1.33. The molecule has 1 aromatic heterocycles. The molecule has 0 fully saturated rings. The predicted octanol–water partition coefficient (Wildman–Crippen LogP) is 3.21. The molecule has 0 saturated carbocycles. The number of amides is 2. The number of anilines is 1. The van der Waals surface area contributed by atoms with Gasteiger partial charge in [0, 0.05) is 17.6 Å². The Morgan fingerprint density at radius 3 is 2.29 bits per heavy atom. The topological polar surface area (TPSA) is 102 Å². The van der Waals surface area contributed by atoms with Crippen molar-refractivity contribution >= 4 is 28.3 Å². The Labute approximate surface area is 196 Å². The van der Waals surface area contributed by atoms with Gasteiger partial charge in [0.25, 0.3) is 17.4 Å². The molecule has 172 valence electrons. The fraction of sp³-hybridized carbons (Fsp3) is 0.154. The molecule has 4 aromatic rings. The van der Waals surface area contributed by atoms with E-state index in [1.54, 1.807) is 48.5 Å². The van der Waals surface area contributed by atoms with Crippen molar-refractivity contribution in [2.75, 3.05) is 18.5 Å². The summed E-state index contributed by atoms with van der Waals surface area (Å²) in [7, 11) is 0. The second-order valence-corrected chi connectivity index (χ2v) is 7.56. The van der Waals surface area contributed by atoms with Crippen molar-refractivity contribution in [2.45, 2.75) is 13.5 Å². The number of carbonyl (C=O) groups excluding carboxylic acids is 2. The van der Waals surface area contributed by atoms with Crippen LogP contribution in [0.5, 0.6) is 5.75 Å². The number of aromatic nitrogens is 2. The van der Waals surface area contributed by atoms with Crippen molar-refractivity contribution in [3.05, 3.63) is 100 Å². The Morgan fingerprint density at radius 2 is 1.59 bits per heavy atom. The van der Waals surface area contributed by atoms with Gasteiger partial charge in [-0.05, 0) is 42.8 Å². The first-order valence-corrected chi connectivity index (χ1v) is 10.9. The molecule has 1 heterocycles. The SMILES string of the molecule is CCNC(=O)COc1ccc(NC(=O)c2nn(Cc3ccccc3)c(=O)c3ccccc23)cc1. The maximum Gasteiger partial charge on any atom is 0.276 e. The van der Waals surface area contributed by atoms with E-state index in [-0.39, 0.29) is 30.3 Å². The zero-order chi connectivity index (χ0) is 23.9. The molecule has 2 amide bonds. The van der Waals surface area contributed by atoms with Crippen LogP contribution in [0, 0.1) is 0 Å². The summed E-state index contributed by atoms with van der Waals surface area (Å²) < 4.78 is 6.74. The Kier molecular flexibility index (Phi) is 6.98. The Bertz CT molecular complexity index is 1370. The number of nitrogens with zero attached hydrogens (tertiary/aromatic N) is 2. The third kappa shape index (κ3) is 5.29. The highest BCUT2D eigenvalue weighted by atomic mass is 16.5. The van der Waals surface area contributed by atoms with Gasteiger partial charge in [0.1, 0.15) is 5.75 Å². The van der Waals surface area contributed by atoms with Crippen LogP contribution in [-0.2, 0) is 11.3 Å². The summed E-state index contributed by atoms with van der Waals surface area (Å²) in [5.74, 6) is -0.137. The van der Waals surface area contributed by atoms with Crippen molar-refractivity contribution in [1.82, 2.24) is 15.1 Å². The first-order valence-electron chi connectivity index (χ1n) is 10.9. The minimum atomic E-state index is -0.436. The lowest BCUT2D eigenvalue weighted by Gasteiger charge is -2.12. The van der Waals surface area contributed by atoms with Crippen molar-refractivity contribution in [3.8, 4) is 5.75 Å². The van der Waals surface area contributed by atoms with Crippen LogP contribution in [0.15, 0.2) is 83.7 Å². The van der Waals surface area contributed by atoms with Crippen LogP contribution in [-0.4, -0.2) is 34.7 Å². The van der Waals surface area contributed by atoms with Crippen molar-refractivity contribution in [1.29, 1.82) is 0 Å². The molecule has 0 radical (unpaired) electrons. The van der Waals surface area contributed by atoms with Crippen molar-refractivity contribution in [3.63, 3.8) is 0 Å². The van der Waals surface area contributed by atoms with E-state index in [2.05, 4.69) is 15.7 Å². The highest BCUT2D eigenvalue weighted by molar-refractivity contribution is 6.11. The molecule has 0 spiro atoms. The van der Waals surface area contributed by atoms with E-state index in [4.69, 9.17) is 4.74 Å². The maximum atomic E-state index is 13.1. The number of benzene rings is 3. The van der Waals surface area contributed by atoms with E-state index in [1.807, 2.05) is 37.3 Å². The zero-order valence-corrected chi connectivity index (χ0v) is 18.7. The quantitative estimate of drug-likeness (QED) is 0.424. The van der Waals surface area contributed by atoms with E-state index in [9.17, 15) is 14.4 Å². The third-order valence-electron chi connectivity index (χ3n) is 5.11. The molecule has 8 heteroatoms. The first-order chi connectivity index (χ1) is 16.5. The number of hydrogen-bond donors (Lipinski definition) is 2. The van der Waals surface area contributed by atoms with Crippen LogP contribution >= 0.6 is 0 Å². The fourth-order valence-corrected chi connectivity index (χ4v) is 3.49. The Hall–Kier alpha value is -4.46. The summed E-state index contributed by atoms with van der Waals surface area (Å²) in [6.45, 7) is 2.54. The summed E-state index contributed by atoms with van der Waals surface area (Å²) in [5, 5.41) is 10.8. The number of hydrogen-bond acceptors (Lipinski definition) is 5. The van der Waals surface area contributed by atoms with Crippen LogP contribution in [0.2, 0.25) is 0 Å². The lowest BCUT2D eigenvalue weighted by Crippen LogP contribution is -2.28. The molecule has 0 aliphatic carbocycles. The molecule has 4 rings (SSSR count). The van der Waals surface area contributed by atoms with Crippen molar-refractivity contribution < 1.29 is 14.3 Å². The molecular formula is C26H24N4O4. The van der Waals surface area contributed by atoms with E-state index < -0.39 is 5.91 Å². The molecule has 34 heavy (non-hydrogen) atoms. The largest absolute Gasteiger partial charge is 0.484 e. The monoisotopic (exact) mass is 456 g/mol. The average Bonchev–Trinajstić information content (AvgIpc) is 2.86. The normalized spacial score (nSPS) is 10.6. The molecule has 0 unspecified atom stereocenters. The lowest BCUT2D eigenvalue weighted by atomic mass is 10.1.